The molecule has 5 heteroatoms. The van der Waals surface area contributed by atoms with E-state index in [4.69, 9.17) is 5.11 Å². The standard InChI is InChI=1S/C13H21NO4/c1-13(5-3-2-4-6-13)12(18)14-8-9(15)7-10(14)11(16)17/h9-10,15H,2-8H2,1H3,(H,16,17). The zero-order valence-electron chi connectivity index (χ0n) is 10.8. The molecule has 0 bridgehead atoms. The van der Waals surface area contributed by atoms with Crippen LogP contribution in [0.4, 0.5) is 0 Å². The van der Waals surface area contributed by atoms with Crippen LogP contribution in [0.3, 0.4) is 0 Å². The highest BCUT2D eigenvalue weighted by atomic mass is 16.4. The molecule has 0 spiro atoms. The Labute approximate surface area is 107 Å². The van der Waals surface area contributed by atoms with Gasteiger partial charge in [0.15, 0.2) is 0 Å². The van der Waals surface area contributed by atoms with Gasteiger partial charge in [-0.05, 0) is 12.8 Å². The third kappa shape index (κ3) is 2.36. The molecular weight excluding hydrogens is 234 g/mol. The number of aliphatic hydroxyl groups excluding tert-OH is 1. The minimum absolute atomic E-state index is 0.0915. The van der Waals surface area contributed by atoms with Gasteiger partial charge in [-0.15, -0.1) is 0 Å². The first kappa shape index (κ1) is 13.3. The van der Waals surface area contributed by atoms with Crippen LogP contribution in [0.1, 0.15) is 45.4 Å². The second kappa shape index (κ2) is 4.88. The maximum atomic E-state index is 12.5. The monoisotopic (exact) mass is 255 g/mol. The van der Waals surface area contributed by atoms with Gasteiger partial charge >= 0.3 is 5.97 Å². The Morgan fingerprint density at radius 3 is 2.39 bits per heavy atom. The van der Waals surface area contributed by atoms with Crippen LogP contribution in [-0.4, -0.2) is 45.7 Å². The lowest BCUT2D eigenvalue weighted by molar-refractivity contribution is -0.153. The lowest BCUT2D eigenvalue weighted by atomic mass is 9.74. The van der Waals surface area contributed by atoms with Gasteiger partial charge in [0, 0.05) is 18.4 Å². The molecule has 1 saturated heterocycles. The molecule has 1 amide bonds. The molecule has 5 nitrogen and oxygen atoms in total. The van der Waals surface area contributed by atoms with Gasteiger partial charge in [0.2, 0.25) is 5.91 Å². The normalized spacial score (nSPS) is 31.3. The summed E-state index contributed by atoms with van der Waals surface area (Å²) in [7, 11) is 0. The van der Waals surface area contributed by atoms with Crippen LogP contribution < -0.4 is 0 Å². The number of amides is 1. The molecule has 2 aliphatic rings. The Bertz CT molecular complexity index is 349. The molecule has 1 aliphatic heterocycles. The summed E-state index contributed by atoms with van der Waals surface area (Å²) in [5, 5.41) is 18.7. The van der Waals surface area contributed by atoms with Crippen molar-refractivity contribution in [3.8, 4) is 0 Å². The number of rotatable bonds is 2. The molecule has 0 radical (unpaired) electrons. The lowest BCUT2D eigenvalue weighted by Gasteiger charge is -2.36. The van der Waals surface area contributed by atoms with Gasteiger partial charge in [0.25, 0.3) is 0 Å². The van der Waals surface area contributed by atoms with E-state index in [1.54, 1.807) is 0 Å². The Kier molecular flexibility index (Phi) is 3.61. The number of aliphatic hydroxyl groups is 1. The van der Waals surface area contributed by atoms with Crippen molar-refractivity contribution in [1.82, 2.24) is 4.90 Å². The highest BCUT2D eigenvalue weighted by Gasteiger charge is 2.45. The van der Waals surface area contributed by atoms with Crippen LogP contribution in [0.25, 0.3) is 0 Å². The summed E-state index contributed by atoms with van der Waals surface area (Å²) in [5.41, 5.74) is -0.435. The Balaban J connectivity index is 2.14. The van der Waals surface area contributed by atoms with Crippen molar-refractivity contribution in [2.24, 2.45) is 5.41 Å². The Morgan fingerprint density at radius 1 is 1.22 bits per heavy atom. The second-order valence-corrected chi connectivity index (χ2v) is 5.82. The molecule has 1 saturated carbocycles. The van der Waals surface area contributed by atoms with E-state index in [0.717, 1.165) is 32.1 Å². The van der Waals surface area contributed by atoms with Gasteiger partial charge in [-0.3, -0.25) is 4.79 Å². The summed E-state index contributed by atoms with van der Waals surface area (Å²) in [6.07, 6.45) is 4.29. The van der Waals surface area contributed by atoms with Crippen molar-refractivity contribution in [2.45, 2.75) is 57.6 Å². The smallest absolute Gasteiger partial charge is 0.326 e. The van der Waals surface area contributed by atoms with E-state index in [-0.39, 0.29) is 18.9 Å². The van der Waals surface area contributed by atoms with E-state index in [2.05, 4.69) is 0 Å². The van der Waals surface area contributed by atoms with Crippen LogP contribution in [-0.2, 0) is 9.59 Å². The molecule has 0 aromatic rings. The average Bonchev–Trinajstić information content (AvgIpc) is 2.71. The molecule has 0 aromatic carbocycles. The van der Waals surface area contributed by atoms with Crippen LogP contribution >= 0.6 is 0 Å². The van der Waals surface area contributed by atoms with Crippen molar-refractivity contribution in [1.29, 1.82) is 0 Å². The van der Waals surface area contributed by atoms with Gasteiger partial charge in [0.1, 0.15) is 6.04 Å². The van der Waals surface area contributed by atoms with Crippen molar-refractivity contribution in [2.75, 3.05) is 6.54 Å². The molecule has 2 fully saturated rings. The van der Waals surface area contributed by atoms with E-state index in [0.29, 0.717) is 0 Å². The first-order valence-electron chi connectivity index (χ1n) is 6.66. The predicted molar refractivity (Wildman–Crippen MR) is 65.0 cm³/mol. The van der Waals surface area contributed by atoms with E-state index < -0.39 is 23.5 Å². The van der Waals surface area contributed by atoms with Gasteiger partial charge in [-0.2, -0.15) is 0 Å². The fourth-order valence-electron chi connectivity index (χ4n) is 3.17. The average molecular weight is 255 g/mol. The zero-order valence-corrected chi connectivity index (χ0v) is 10.8. The topological polar surface area (TPSA) is 77.8 Å². The number of carbonyl (C=O) groups is 2. The number of aliphatic carboxylic acids is 1. The summed E-state index contributed by atoms with van der Waals surface area (Å²) in [6, 6.07) is -0.855. The third-order valence-corrected chi connectivity index (χ3v) is 4.30. The molecule has 0 aromatic heterocycles. The molecule has 2 N–H and O–H groups in total. The van der Waals surface area contributed by atoms with E-state index in [1.165, 1.54) is 4.90 Å². The first-order chi connectivity index (χ1) is 8.44. The number of likely N-dealkylation sites (tertiary alicyclic amines) is 1. The highest BCUT2D eigenvalue weighted by Crippen LogP contribution is 2.39. The maximum absolute atomic E-state index is 12.5. The van der Waals surface area contributed by atoms with E-state index >= 15 is 0 Å². The van der Waals surface area contributed by atoms with Crippen LogP contribution in [0.15, 0.2) is 0 Å². The quantitative estimate of drug-likeness (QED) is 0.771. The summed E-state index contributed by atoms with van der Waals surface area (Å²) in [5.74, 6) is -1.11. The van der Waals surface area contributed by atoms with Crippen LogP contribution in [0, 0.1) is 5.41 Å². The molecular formula is C13H21NO4. The van der Waals surface area contributed by atoms with Gasteiger partial charge in [-0.25, -0.2) is 4.79 Å². The number of carboxylic acid groups (broad SMARTS) is 1. The second-order valence-electron chi connectivity index (χ2n) is 5.82. The number of carbonyl (C=O) groups excluding carboxylic acids is 1. The van der Waals surface area contributed by atoms with Crippen LogP contribution in [0.2, 0.25) is 0 Å². The lowest BCUT2D eigenvalue weighted by Crippen LogP contribution is -2.48. The summed E-state index contributed by atoms with van der Waals surface area (Å²) in [4.78, 5) is 25.1. The van der Waals surface area contributed by atoms with E-state index in [9.17, 15) is 14.7 Å². The number of hydrogen-bond acceptors (Lipinski definition) is 3. The van der Waals surface area contributed by atoms with Crippen molar-refractivity contribution >= 4 is 11.9 Å². The molecule has 18 heavy (non-hydrogen) atoms. The molecule has 2 rings (SSSR count). The Hall–Kier alpha value is -1.10. The molecule has 2 unspecified atom stereocenters. The molecule has 1 heterocycles. The number of β-amino-alcohol motifs (C(OH)–C–C–N with tert-alkyl or cyclic N) is 1. The minimum atomic E-state index is -1.01. The summed E-state index contributed by atoms with van der Waals surface area (Å²) in [6.45, 7) is 2.09. The zero-order chi connectivity index (χ0) is 13.3. The van der Waals surface area contributed by atoms with Crippen molar-refractivity contribution in [3.05, 3.63) is 0 Å². The third-order valence-electron chi connectivity index (χ3n) is 4.30. The fraction of sp³-hybridized carbons (Fsp3) is 0.846. The highest BCUT2D eigenvalue weighted by molar-refractivity contribution is 5.88. The van der Waals surface area contributed by atoms with Crippen molar-refractivity contribution in [3.63, 3.8) is 0 Å². The minimum Gasteiger partial charge on any atom is -0.480 e. The molecule has 1 aliphatic carbocycles. The van der Waals surface area contributed by atoms with Gasteiger partial charge in [0.05, 0.1) is 6.10 Å². The molecule has 2 atom stereocenters. The van der Waals surface area contributed by atoms with E-state index in [1.807, 2.05) is 6.92 Å². The SMILES string of the molecule is CC1(C(=O)N2CC(O)CC2C(=O)O)CCCCC1. The number of carboxylic acids is 1. The first-order valence-corrected chi connectivity index (χ1v) is 6.66. The predicted octanol–water partition coefficient (Wildman–Crippen LogP) is 1.00. The Morgan fingerprint density at radius 2 is 1.83 bits per heavy atom. The summed E-state index contributed by atoms with van der Waals surface area (Å²) >= 11 is 0. The molecule has 102 valence electrons. The van der Waals surface area contributed by atoms with Gasteiger partial charge < -0.3 is 15.1 Å². The fourth-order valence-corrected chi connectivity index (χ4v) is 3.17. The van der Waals surface area contributed by atoms with Crippen molar-refractivity contribution < 1.29 is 19.8 Å². The number of nitrogens with zero attached hydrogens (tertiary/aromatic N) is 1. The summed E-state index contributed by atoms with van der Waals surface area (Å²) < 4.78 is 0. The van der Waals surface area contributed by atoms with Crippen LogP contribution in [0.5, 0.6) is 0 Å². The largest absolute Gasteiger partial charge is 0.480 e. The van der Waals surface area contributed by atoms with Gasteiger partial charge in [-0.1, -0.05) is 26.2 Å². The number of hydrogen-bond donors (Lipinski definition) is 2. The maximum Gasteiger partial charge on any atom is 0.326 e.